The van der Waals surface area contributed by atoms with Crippen LogP contribution in [0.2, 0.25) is 0 Å². The molecule has 0 fully saturated rings. The van der Waals surface area contributed by atoms with E-state index >= 15 is 0 Å². The van der Waals surface area contributed by atoms with Crippen LogP contribution >= 0.6 is 0 Å². The van der Waals surface area contributed by atoms with Crippen molar-refractivity contribution < 1.29 is 18.3 Å². The van der Waals surface area contributed by atoms with Crippen molar-refractivity contribution in [1.82, 2.24) is 14.8 Å². The molecule has 0 amide bonds. The van der Waals surface area contributed by atoms with Gasteiger partial charge in [0.1, 0.15) is 12.9 Å². The van der Waals surface area contributed by atoms with Crippen molar-refractivity contribution >= 4 is 15.8 Å². The monoisotopic (exact) mass is 205 g/mol. The zero-order chi connectivity index (χ0) is 10.1. The molecule has 0 radical (unpaired) electrons. The van der Waals surface area contributed by atoms with Gasteiger partial charge in [-0.05, 0) is 0 Å². The fourth-order valence-corrected chi connectivity index (χ4v) is 1.15. The number of nitrogens with zero attached hydrogens (tertiary/aromatic N) is 3. The molecule has 1 aromatic rings. The Hall–Kier alpha value is -1.44. The van der Waals surface area contributed by atoms with Gasteiger partial charge in [0, 0.05) is 6.26 Å². The molecular weight excluding hydrogens is 198 g/mol. The summed E-state index contributed by atoms with van der Waals surface area (Å²) in [6.07, 6.45) is 2.01. The number of carboxylic acids is 1. The smallest absolute Gasteiger partial charge is 0.325 e. The molecule has 7 nitrogen and oxygen atoms in total. The maximum Gasteiger partial charge on any atom is 0.325 e. The molecule has 0 aromatic carbocycles. The molecule has 1 N–H and O–H groups in total. The van der Waals surface area contributed by atoms with Crippen molar-refractivity contribution in [1.29, 1.82) is 0 Å². The van der Waals surface area contributed by atoms with Crippen LogP contribution in [0.15, 0.2) is 11.5 Å². The Kier molecular flexibility index (Phi) is 2.32. The van der Waals surface area contributed by atoms with E-state index in [9.17, 15) is 13.2 Å². The lowest BCUT2D eigenvalue weighted by molar-refractivity contribution is -0.137. The predicted octanol–water partition coefficient (Wildman–Crippen LogP) is -1.23. The molecule has 1 heterocycles. The van der Waals surface area contributed by atoms with E-state index < -0.39 is 22.4 Å². The molecule has 1 aromatic heterocycles. The molecule has 0 saturated heterocycles. The van der Waals surface area contributed by atoms with Crippen LogP contribution in [0.1, 0.15) is 0 Å². The lowest BCUT2D eigenvalue weighted by Crippen LogP contribution is -2.10. The van der Waals surface area contributed by atoms with Gasteiger partial charge in [-0.15, -0.1) is 5.10 Å². The summed E-state index contributed by atoms with van der Waals surface area (Å²) in [5.41, 5.74) is 0. The van der Waals surface area contributed by atoms with Gasteiger partial charge in [0.05, 0.1) is 0 Å². The van der Waals surface area contributed by atoms with Crippen LogP contribution in [-0.4, -0.2) is 40.5 Å². The van der Waals surface area contributed by atoms with Crippen LogP contribution in [0.5, 0.6) is 0 Å². The molecule has 13 heavy (non-hydrogen) atoms. The molecule has 0 saturated carbocycles. The number of carbonyl (C=O) groups is 1. The first kappa shape index (κ1) is 9.65. The summed E-state index contributed by atoms with van der Waals surface area (Å²) in [6, 6.07) is 0. The first-order valence-corrected chi connectivity index (χ1v) is 5.10. The summed E-state index contributed by atoms with van der Waals surface area (Å²) in [7, 11) is -3.45. The Balaban J connectivity index is 2.94. The van der Waals surface area contributed by atoms with Crippen LogP contribution in [0.3, 0.4) is 0 Å². The van der Waals surface area contributed by atoms with E-state index in [0.717, 1.165) is 17.3 Å². The average Bonchev–Trinajstić information content (AvgIpc) is 2.32. The Morgan fingerprint density at radius 2 is 2.31 bits per heavy atom. The van der Waals surface area contributed by atoms with E-state index in [1.165, 1.54) is 0 Å². The van der Waals surface area contributed by atoms with Gasteiger partial charge in [0.25, 0.3) is 5.16 Å². The maximum atomic E-state index is 10.8. The third-order valence-corrected chi connectivity index (χ3v) is 1.99. The van der Waals surface area contributed by atoms with Crippen molar-refractivity contribution in [3.05, 3.63) is 6.33 Å². The third-order valence-electron chi connectivity index (χ3n) is 1.14. The van der Waals surface area contributed by atoms with E-state index in [2.05, 4.69) is 10.1 Å². The van der Waals surface area contributed by atoms with Gasteiger partial charge in [-0.2, -0.15) is 0 Å². The zero-order valence-corrected chi connectivity index (χ0v) is 7.52. The first-order valence-electron chi connectivity index (χ1n) is 3.21. The molecule has 0 unspecified atom stereocenters. The number of rotatable bonds is 3. The van der Waals surface area contributed by atoms with E-state index in [0.29, 0.717) is 0 Å². The fourth-order valence-electron chi connectivity index (χ4n) is 0.662. The fraction of sp³-hybridized carbons (Fsp3) is 0.400. The lowest BCUT2D eigenvalue weighted by Gasteiger charge is -1.91. The summed E-state index contributed by atoms with van der Waals surface area (Å²) in [5, 5.41) is 11.4. The summed E-state index contributed by atoms with van der Waals surface area (Å²) in [4.78, 5) is 13.6. The largest absolute Gasteiger partial charge is 0.480 e. The summed E-state index contributed by atoms with van der Waals surface area (Å²) in [6.45, 7) is -0.400. The minimum atomic E-state index is -3.45. The molecule has 0 aliphatic rings. The molecule has 0 atom stereocenters. The number of carboxylic acid groups (broad SMARTS) is 1. The highest BCUT2D eigenvalue weighted by atomic mass is 32.2. The standard InChI is InChI=1S/C5H7N3O4S/c1-13(11,12)5-6-3-8(7-5)2-4(9)10/h3H,2H2,1H3,(H,9,10). The Labute approximate surface area is 73.9 Å². The lowest BCUT2D eigenvalue weighted by atomic mass is 10.7. The van der Waals surface area contributed by atoms with Crippen LogP contribution < -0.4 is 0 Å². The molecule has 72 valence electrons. The van der Waals surface area contributed by atoms with Gasteiger partial charge < -0.3 is 5.11 Å². The summed E-state index contributed by atoms with van der Waals surface area (Å²) >= 11 is 0. The van der Waals surface area contributed by atoms with Crippen molar-refractivity contribution in [2.45, 2.75) is 11.7 Å². The highest BCUT2D eigenvalue weighted by molar-refractivity contribution is 7.90. The normalized spacial score (nSPS) is 11.5. The second-order valence-corrected chi connectivity index (χ2v) is 4.30. The number of hydrogen-bond donors (Lipinski definition) is 1. The summed E-state index contributed by atoms with van der Waals surface area (Å²) in [5.74, 6) is -1.11. The van der Waals surface area contributed by atoms with Crippen molar-refractivity contribution in [2.24, 2.45) is 0 Å². The van der Waals surface area contributed by atoms with E-state index in [4.69, 9.17) is 5.11 Å². The zero-order valence-electron chi connectivity index (χ0n) is 6.71. The van der Waals surface area contributed by atoms with Crippen molar-refractivity contribution in [3.8, 4) is 0 Å². The average molecular weight is 205 g/mol. The van der Waals surface area contributed by atoms with Crippen LogP contribution in [0.4, 0.5) is 0 Å². The molecule has 0 aliphatic carbocycles. The molecule has 0 bridgehead atoms. The molecule has 0 aliphatic heterocycles. The van der Waals surface area contributed by atoms with Gasteiger partial charge in [-0.1, -0.05) is 0 Å². The first-order chi connectivity index (χ1) is 5.89. The Bertz CT molecular complexity index is 421. The quantitative estimate of drug-likeness (QED) is 0.662. The number of aromatic nitrogens is 3. The maximum absolute atomic E-state index is 10.8. The van der Waals surface area contributed by atoms with Crippen LogP contribution in [0, 0.1) is 0 Å². The summed E-state index contributed by atoms with van der Waals surface area (Å²) < 4.78 is 22.6. The second kappa shape index (κ2) is 3.13. The van der Waals surface area contributed by atoms with Crippen LogP contribution in [0.25, 0.3) is 0 Å². The molecule has 8 heteroatoms. The van der Waals surface area contributed by atoms with E-state index in [-0.39, 0.29) is 5.16 Å². The molecular formula is C5H7N3O4S. The molecule has 1 rings (SSSR count). The topological polar surface area (TPSA) is 102 Å². The van der Waals surface area contributed by atoms with Gasteiger partial charge in [-0.3, -0.25) is 4.79 Å². The van der Waals surface area contributed by atoms with Gasteiger partial charge >= 0.3 is 5.97 Å². The minimum Gasteiger partial charge on any atom is -0.480 e. The molecule has 0 spiro atoms. The number of hydrogen-bond acceptors (Lipinski definition) is 5. The minimum absolute atomic E-state index is 0.367. The van der Waals surface area contributed by atoms with Gasteiger partial charge in [-0.25, -0.2) is 18.1 Å². The predicted molar refractivity (Wildman–Crippen MR) is 40.8 cm³/mol. The van der Waals surface area contributed by atoms with Gasteiger partial charge in [0.15, 0.2) is 0 Å². The number of sulfone groups is 1. The van der Waals surface area contributed by atoms with Crippen molar-refractivity contribution in [2.75, 3.05) is 6.26 Å². The van der Waals surface area contributed by atoms with E-state index in [1.807, 2.05) is 0 Å². The Morgan fingerprint density at radius 1 is 1.69 bits per heavy atom. The van der Waals surface area contributed by atoms with Gasteiger partial charge in [0.2, 0.25) is 9.84 Å². The highest BCUT2D eigenvalue weighted by Gasteiger charge is 2.13. The number of aliphatic carboxylic acids is 1. The van der Waals surface area contributed by atoms with E-state index in [1.54, 1.807) is 0 Å². The van der Waals surface area contributed by atoms with Crippen LogP contribution in [-0.2, 0) is 21.2 Å². The second-order valence-electron chi connectivity index (χ2n) is 2.39. The highest BCUT2D eigenvalue weighted by Crippen LogP contribution is 1.98. The van der Waals surface area contributed by atoms with Crippen molar-refractivity contribution in [3.63, 3.8) is 0 Å². The Morgan fingerprint density at radius 3 is 2.69 bits per heavy atom. The SMILES string of the molecule is CS(=O)(=O)c1ncn(CC(=O)O)n1. The third kappa shape index (κ3) is 2.51.